The van der Waals surface area contributed by atoms with Crippen molar-refractivity contribution in [2.75, 3.05) is 18.0 Å². The Morgan fingerprint density at radius 2 is 1.89 bits per heavy atom. The van der Waals surface area contributed by atoms with Gasteiger partial charge in [0, 0.05) is 29.9 Å². The van der Waals surface area contributed by atoms with Crippen molar-refractivity contribution < 1.29 is 14.0 Å². The van der Waals surface area contributed by atoms with Crippen LogP contribution in [0.25, 0.3) is 6.08 Å². The Hall–Kier alpha value is -1.82. The number of carbonyl (C=O) groups is 2. The van der Waals surface area contributed by atoms with Gasteiger partial charge in [-0.15, -0.1) is 0 Å². The zero-order valence-corrected chi connectivity index (χ0v) is 18.2. The van der Waals surface area contributed by atoms with E-state index in [1.807, 2.05) is 13.0 Å². The standard InChI is InChI=1S/C22H29FN2O2S/c1-6-8-24-20(26)19(28-21(24)27)11-15-10-16-14(3)13-22(4,5)25(9-7-2)18(16)12-17(15)23/h10-12,14H,6-9,13H2,1-5H3/b19-11+. The average Bonchev–Trinajstić information content (AvgIpc) is 2.87. The van der Waals surface area contributed by atoms with Crippen molar-refractivity contribution in [3.8, 4) is 0 Å². The van der Waals surface area contributed by atoms with Crippen molar-refractivity contribution >= 4 is 34.7 Å². The van der Waals surface area contributed by atoms with E-state index >= 15 is 4.39 Å². The van der Waals surface area contributed by atoms with E-state index in [1.165, 1.54) is 11.0 Å². The molecule has 1 aromatic carbocycles. The van der Waals surface area contributed by atoms with Crippen LogP contribution in [-0.2, 0) is 4.79 Å². The van der Waals surface area contributed by atoms with Gasteiger partial charge in [0.15, 0.2) is 0 Å². The van der Waals surface area contributed by atoms with Gasteiger partial charge < -0.3 is 4.90 Å². The first kappa shape index (κ1) is 20.9. The molecule has 3 rings (SSSR count). The highest BCUT2D eigenvalue weighted by molar-refractivity contribution is 8.18. The maximum absolute atomic E-state index is 15.0. The molecule has 1 saturated heterocycles. The molecular formula is C22H29FN2O2S. The quantitative estimate of drug-likeness (QED) is 0.584. The lowest BCUT2D eigenvalue weighted by Gasteiger charge is -2.47. The van der Waals surface area contributed by atoms with Crippen molar-refractivity contribution in [2.24, 2.45) is 0 Å². The highest BCUT2D eigenvalue weighted by Gasteiger charge is 2.37. The Morgan fingerprint density at radius 1 is 1.21 bits per heavy atom. The molecule has 1 fully saturated rings. The van der Waals surface area contributed by atoms with Gasteiger partial charge in [0.1, 0.15) is 5.82 Å². The molecule has 6 heteroatoms. The number of halogens is 1. The zero-order valence-electron chi connectivity index (χ0n) is 17.3. The molecule has 1 unspecified atom stereocenters. The van der Waals surface area contributed by atoms with E-state index in [0.717, 1.165) is 42.4 Å². The summed E-state index contributed by atoms with van der Waals surface area (Å²) in [6.07, 6.45) is 4.22. The first-order valence-electron chi connectivity index (χ1n) is 10.1. The Morgan fingerprint density at radius 3 is 2.54 bits per heavy atom. The predicted molar refractivity (Wildman–Crippen MR) is 114 cm³/mol. The molecule has 152 valence electrons. The van der Waals surface area contributed by atoms with Crippen LogP contribution in [0, 0.1) is 5.82 Å². The van der Waals surface area contributed by atoms with E-state index in [4.69, 9.17) is 0 Å². The number of carbonyl (C=O) groups excluding carboxylic acids is 2. The third kappa shape index (κ3) is 3.71. The maximum Gasteiger partial charge on any atom is 0.293 e. The highest BCUT2D eigenvalue weighted by Crippen LogP contribution is 2.45. The molecule has 2 aliphatic rings. The van der Waals surface area contributed by atoms with Crippen LogP contribution in [0.1, 0.15) is 70.9 Å². The summed E-state index contributed by atoms with van der Waals surface area (Å²) in [6.45, 7) is 11.9. The fourth-order valence-electron chi connectivity index (χ4n) is 4.34. The number of benzene rings is 1. The van der Waals surface area contributed by atoms with Crippen LogP contribution in [0.15, 0.2) is 17.0 Å². The molecule has 0 aromatic heterocycles. The smallest absolute Gasteiger partial charge is 0.293 e. The first-order valence-corrected chi connectivity index (χ1v) is 10.9. The SMILES string of the molecule is CCCN1C(=O)S/C(=C/c2cc3c(cc2F)N(CCC)C(C)(C)CC3C)C1=O. The van der Waals surface area contributed by atoms with Gasteiger partial charge in [-0.1, -0.05) is 20.8 Å². The molecule has 0 aliphatic carbocycles. The molecule has 4 nitrogen and oxygen atoms in total. The summed E-state index contributed by atoms with van der Waals surface area (Å²) in [7, 11) is 0. The fraction of sp³-hybridized carbons (Fsp3) is 0.545. The Balaban J connectivity index is 2.01. The van der Waals surface area contributed by atoms with Crippen LogP contribution in [0.2, 0.25) is 0 Å². The minimum atomic E-state index is -0.355. The number of anilines is 1. The van der Waals surface area contributed by atoms with Gasteiger partial charge in [-0.05, 0) is 74.6 Å². The second-order valence-corrected chi connectivity index (χ2v) is 9.33. The van der Waals surface area contributed by atoms with E-state index in [2.05, 4.69) is 32.6 Å². The predicted octanol–water partition coefficient (Wildman–Crippen LogP) is 5.77. The zero-order chi connectivity index (χ0) is 20.6. The molecule has 0 N–H and O–H groups in total. The molecule has 0 spiro atoms. The largest absolute Gasteiger partial charge is 0.366 e. The van der Waals surface area contributed by atoms with Gasteiger partial charge in [0.25, 0.3) is 11.1 Å². The van der Waals surface area contributed by atoms with E-state index in [9.17, 15) is 9.59 Å². The topological polar surface area (TPSA) is 40.6 Å². The van der Waals surface area contributed by atoms with Crippen molar-refractivity contribution in [1.29, 1.82) is 0 Å². The van der Waals surface area contributed by atoms with Crippen LogP contribution < -0.4 is 4.90 Å². The summed E-state index contributed by atoms with van der Waals surface area (Å²) in [5.41, 5.74) is 2.40. The van der Waals surface area contributed by atoms with Gasteiger partial charge in [-0.2, -0.15) is 0 Å². The molecule has 1 aromatic rings. The summed E-state index contributed by atoms with van der Waals surface area (Å²) in [5, 5.41) is -0.277. The normalized spacial score (nSPS) is 22.9. The summed E-state index contributed by atoms with van der Waals surface area (Å²) >= 11 is 0.893. The van der Waals surface area contributed by atoms with Gasteiger partial charge >= 0.3 is 0 Å². The summed E-state index contributed by atoms with van der Waals surface area (Å²) in [6, 6.07) is 3.46. The molecular weight excluding hydrogens is 375 g/mol. The lowest BCUT2D eigenvalue weighted by atomic mass is 9.79. The number of hydrogen-bond donors (Lipinski definition) is 0. The molecule has 1 atom stereocenters. The molecule has 2 heterocycles. The third-order valence-corrected chi connectivity index (χ3v) is 6.47. The van der Waals surface area contributed by atoms with Crippen molar-refractivity contribution in [3.05, 3.63) is 34.0 Å². The van der Waals surface area contributed by atoms with Crippen molar-refractivity contribution in [2.45, 2.75) is 65.3 Å². The summed E-state index contributed by atoms with van der Waals surface area (Å²) < 4.78 is 15.0. The number of fused-ring (bicyclic) bond motifs is 1. The van der Waals surface area contributed by atoms with Crippen LogP contribution in [-0.4, -0.2) is 34.7 Å². The lowest BCUT2D eigenvalue weighted by molar-refractivity contribution is -0.122. The third-order valence-electron chi connectivity index (χ3n) is 5.56. The van der Waals surface area contributed by atoms with Gasteiger partial charge in [-0.25, -0.2) is 4.39 Å². The molecule has 28 heavy (non-hydrogen) atoms. The van der Waals surface area contributed by atoms with E-state index in [-0.39, 0.29) is 22.5 Å². The monoisotopic (exact) mass is 404 g/mol. The van der Waals surface area contributed by atoms with Gasteiger partial charge in [-0.3, -0.25) is 14.5 Å². The first-order chi connectivity index (χ1) is 13.2. The number of nitrogens with zero attached hydrogens (tertiary/aromatic N) is 2. The number of hydrogen-bond acceptors (Lipinski definition) is 4. The van der Waals surface area contributed by atoms with Crippen molar-refractivity contribution in [3.63, 3.8) is 0 Å². The second kappa shape index (κ2) is 7.90. The number of imide groups is 1. The fourth-order valence-corrected chi connectivity index (χ4v) is 5.19. The molecule has 0 bridgehead atoms. The summed E-state index contributed by atoms with van der Waals surface area (Å²) in [4.78, 5) is 28.4. The molecule has 2 aliphatic heterocycles. The lowest BCUT2D eigenvalue weighted by Crippen LogP contribution is -2.48. The number of amides is 2. The Kier molecular flexibility index (Phi) is 5.89. The second-order valence-electron chi connectivity index (χ2n) is 8.34. The van der Waals surface area contributed by atoms with E-state index in [1.54, 1.807) is 6.07 Å². The average molecular weight is 405 g/mol. The van der Waals surface area contributed by atoms with E-state index < -0.39 is 0 Å². The maximum atomic E-state index is 15.0. The van der Waals surface area contributed by atoms with Crippen LogP contribution in [0.4, 0.5) is 14.9 Å². The van der Waals surface area contributed by atoms with Crippen molar-refractivity contribution in [1.82, 2.24) is 4.90 Å². The Bertz CT molecular complexity index is 834. The minimum Gasteiger partial charge on any atom is -0.366 e. The van der Waals surface area contributed by atoms with E-state index in [0.29, 0.717) is 29.4 Å². The van der Waals surface area contributed by atoms with Crippen LogP contribution >= 0.6 is 11.8 Å². The molecule has 2 amide bonds. The summed E-state index contributed by atoms with van der Waals surface area (Å²) in [5.74, 6) is -0.385. The minimum absolute atomic E-state index is 0.0286. The van der Waals surface area contributed by atoms with Gasteiger partial charge in [0.05, 0.1) is 4.91 Å². The Labute approximate surface area is 171 Å². The molecule has 0 saturated carbocycles. The van der Waals surface area contributed by atoms with Crippen LogP contribution in [0.3, 0.4) is 0 Å². The number of rotatable bonds is 5. The number of thioether (sulfide) groups is 1. The van der Waals surface area contributed by atoms with Crippen LogP contribution in [0.5, 0.6) is 0 Å². The van der Waals surface area contributed by atoms with Gasteiger partial charge in [0.2, 0.25) is 0 Å². The molecule has 0 radical (unpaired) electrons. The highest BCUT2D eigenvalue weighted by atomic mass is 32.2.